The maximum absolute atomic E-state index is 14.1. The number of carbonyl (C=O) groups is 1. The number of thiazole rings is 1. The molecular weight excluding hydrogens is 406 g/mol. The number of hydrogen-bond acceptors (Lipinski definition) is 4. The number of halogens is 2. The van der Waals surface area contributed by atoms with Crippen LogP contribution in [0.4, 0.5) is 14.5 Å². The lowest BCUT2D eigenvalue weighted by Gasteiger charge is -2.10. The number of nitrogens with zero attached hydrogens (tertiary/aromatic N) is 1. The predicted octanol–water partition coefficient (Wildman–Crippen LogP) is 6.02. The Morgan fingerprint density at radius 1 is 0.967 bits per heavy atom. The molecule has 0 bridgehead atoms. The topological polar surface area (TPSA) is 51.2 Å². The largest absolute Gasteiger partial charge is 0.494 e. The van der Waals surface area contributed by atoms with Crippen molar-refractivity contribution in [3.63, 3.8) is 0 Å². The van der Waals surface area contributed by atoms with E-state index in [1.807, 2.05) is 12.1 Å². The number of carbonyl (C=O) groups excluding carboxylic acids is 1. The Hall–Kier alpha value is -3.58. The Balaban J connectivity index is 1.63. The molecule has 4 nitrogen and oxygen atoms in total. The van der Waals surface area contributed by atoms with E-state index in [0.717, 1.165) is 6.07 Å². The van der Waals surface area contributed by atoms with Crippen LogP contribution in [0.5, 0.6) is 5.75 Å². The lowest BCUT2D eigenvalue weighted by molar-refractivity contribution is 0.102. The summed E-state index contributed by atoms with van der Waals surface area (Å²) in [6.45, 7) is 0. The summed E-state index contributed by atoms with van der Waals surface area (Å²) in [6, 6.07) is 17.6. The minimum atomic E-state index is -0.618. The number of methoxy groups -OCH3 is 1. The lowest BCUT2D eigenvalue weighted by Crippen LogP contribution is -2.13. The van der Waals surface area contributed by atoms with E-state index in [1.165, 1.54) is 36.6 Å². The molecule has 0 atom stereocenters. The molecule has 1 aromatic heterocycles. The highest BCUT2D eigenvalue weighted by Gasteiger charge is 2.15. The van der Waals surface area contributed by atoms with Crippen LogP contribution in [-0.4, -0.2) is 18.0 Å². The zero-order valence-corrected chi connectivity index (χ0v) is 16.7. The molecule has 0 aliphatic heterocycles. The van der Waals surface area contributed by atoms with Gasteiger partial charge < -0.3 is 10.1 Å². The molecule has 1 amide bonds. The van der Waals surface area contributed by atoms with Crippen LogP contribution in [-0.2, 0) is 0 Å². The van der Waals surface area contributed by atoms with Gasteiger partial charge >= 0.3 is 0 Å². The second-order valence-electron chi connectivity index (χ2n) is 6.37. The SMILES string of the molecule is COc1ccc(C(=O)Nc2ccccc2-c2csc(-c3ccccc3F)n2)cc1F. The number of para-hydroxylation sites is 1. The summed E-state index contributed by atoms with van der Waals surface area (Å²) in [5.74, 6) is -1.36. The van der Waals surface area contributed by atoms with Crippen molar-refractivity contribution in [3.8, 4) is 27.6 Å². The van der Waals surface area contributed by atoms with E-state index in [0.29, 0.717) is 27.5 Å². The molecule has 150 valence electrons. The average Bonchev–Trinajstić information content (AvgIpc) is 3.24. The van der Waals surface area contributed by atoms with Crippen molar-refractivity contribution in [1.82, 2.24) is 4.98 Å². The van der Waals surface area contributed by atoms with Gasteiger partial charge in [-0.3, -0.25) is 4.79 Å². The number of nitrogens with one attached hydrogen (secondary N) is 1. The minimum Gasteiger partial charge on any atom is -0.494 e. The van der Waals surface area contributed by atoms with E-state index in [2.05, 4.69) is 10.3 Å². The first-order chi connectivity index (χ1) is 14.6. The summed E-state index contributed by atoms with van der Waals surface area (Å²) >= 11 is 1.31. The van der Waals surface area contributed by atoms with Gasteiger partial charge in [0.15, 0.2) is 11.6 Å². The molecule has 4 aromatic rings. The Morgan fingerprint density at radius 2 is 1.70 bits per heavy atom. The van der Waals surface area contributed by atoms with E-state index in [-0.39, 0.29) is 17.1 Å². The predicted molar refractivity (Wildman–Crippen MR) is 114 cm³/mol. The molecule has 1 N–H and O–H groups in total. The molecule has 0 radical (unpaired) electrons. The van der Waals surface area contributed by atoms with Gasteiger partial charge in [-0.1, -0.05) is 30.3 Å². The summed E-state index contributed by atoms with van der Waals surface area (Å²) in [6.07, 6.45) is 0. The molecule has 7 heteroatoms. The van der Waals surface area contributed by atoms with Gasteiger partial charge in [-0.15, -0.1) is 11.3 Å². The quantitative estimate of drug-likeness (QED) is 0.428. The van der Waals surface area contributed by atoms with Gasteiger partial charge in [0.05, 0.1) is 18.5 Å². The van der Waals surface area contributed by atoms with Crippen LogP contribution in [0.1, 0.15) is 10.4 Å². The summed E-state index contributed by atoms with van der Waals surface area (Å²) < 4.78 is 32.9. The highest BCUT2D eigenvalue weighted by Crippen LogP contribution is 2.34. The third-order valence-corrected chi connectivity index (χ3v) is 5.35. The van der Waals surface area contributed by atoms with Crippen molar-refractivity contribution >= 4 is 22.9 Å². The van der Waals surface area contributed by atoms with E-state index >= 15 is 0 Å². The Bertz CT molecular complexity index is 1220. The highest BCUT2D eigenvalue weighted by atomic mass is 32.1. The first kappa shape index (κ1) is 19.7. The van der Waals surface area contributed by atoms with Crippen LogP contribution in [0.3, 0.4) is 0 Å². The van der Waals surface area contributed by atoms with Gasteiger partial charge in [-0.05, 0) is 36.4 Å². The monoisotopic (exact) mass is 422 g/mol. The fourth-order valence-corrected chi connectivity index (χ4v) is 3.82. The van der Waals surface area contributed by atoms with Gasteiger partial charge in [0, 0.05) is 22.1 Å². The first-order valence-electron chi connectivity index (χ1n) is 9.01. The van der Waals surface area contributed by atoms with Crippen molar-refractivity contribution in [2.75, 3.05) is 12.4 Å². The molecule has 0 saturated carbocycles. The molecule has 0 saturated heterocycles. The molecule has 4 rings (SSSR count). The van der Waals surface area contributed by atoms with Crippen molar-refractivity contribution < 1.29 is 18.3 Å². The number of rotatable bonds is 5. The second kappa shape index (κ2) is 8.42. The fourth-order valence-electron chi connectivity index (χ4n) is 2.97. The first-order valence-corrected chi connectivity index (χ1v) is 9.89. The summed E-state index contributed by atoms with van der Waals surface area (Å²) in [5.41, 5.74) is 2.38. The third kappa shape index (κ3) is 3.92. The van der Waals surface area contributed by atoms with Crippen molar-refractivity contribution in [2.24, 2.45) is 0 Å². The molecule has 30 heavy (non-hydrogen) atoms. The van der Waals surface area contributed by atoms with Crippen molar-refractivity contribution in [1.29, 1.82) is 0 Å². The Kier molecular flexibility index (Phi) is 5.54. The number of benzene rings is 3. The van der Waals surface area contributed by atoms with Gasteiger partial charge in [0.2, 0.25) is 0 Å². The number of hydrogen-bond donors (Lipinski definition) is 1. The molecule has 0 aliphatic rings. The maximum Gasteiger partial charge on any atom is 0.255 e. The molecule has 0 spiro atoms. The fraction of sp³-hybridized carbons (Fsp3) is 0.0435. The van der Waals surface area contributed by atoms with E-state index in [1.54, 1.807) is 35.7 Å². The van der Waals surface area contributed by atoms with Gasteiger partial charge in [-0.25, -0.2) is 13.8 Å². The molecule has 0 aliphatic carbocycles. The standard InChI is InChI=1S/C23H16F2N2O2S/c1-29-21-11-10-14(12-18(21)25)22(28)26-19-9-5-3-7-16(19)20-13-30-23(27-20)15-6-2-4-8-17(15)24/h2-13H,1H3,(H,26,28). The van der Waals surface area contributed by atoms with Gasteiger partial charge in [0.1, 0.15) is 10.8 Å². The molecule has 0 unspecified atom stereocenters. The zero-order valence-electron chi connectivity index (χ0n) is 15.9. The van der Waals surface area contributed by atoms with Crippen molar-refractivity contribution in [2.45, 2.75) is 0 Å². The molecule has 1 heterocycles. The van der Waals surface area contributed by atoms with Crippen LogP contribution >= 0.6 is 11.3 Å². The van der Waals surface area contributed by atoms with E-state index in [9.17, 15) is 13.6 Å². The normalized spacial score (nSPS) is 10.6. The lowest BCUT2D eigenvalue weighted by atomic mass is 10.1. The van der Waals surface area contributed by atoms with Crippen molar-refractivity contribution in [3.05, 3.63) is 89.3 Å². The maximum atomic E-state index is 14.1. The van der Waals surface area contributed by atoms with Crippen LogP contribution < -0.4 is 10.1 Å². The average molecular weight is 422 g/mol. The number of anilines is 1. The minimum absolute atomic E-state index is 0.0649. The van der Waals surface area contributed by atoms with Crippen LogP contribution in [0.25, 0.3) is 21.8 Å². The van der Waals surface area contributed by atoms with E-state index < -0.39 is 11.7 Å². The third-order valence-electron chi connectivity index (χ3n) is 4.47. The zero-order chi connectivity index (χ0) is 21.1. The molecule has 3 aromatic carbocycles. The van der Waals surface area contributed by atoms with Crippen LogP contribution in [0.15, 0.2) is 72.1 Å². The summed E-state index contributed by atoms with van der Waals surface area (Å²) in [4.78, 5) is 17.2. The highest BCUT2D eigenvalue weighted by molar-refractivity contribution is 7.13. The number of amides is 1. The second-order valence-corrected chi connectivity index (χ2v) is 7.22. The Morgan fingerprint density at radius 3 is 2.43 bits per heavy atom. The summed E-state index contributed by atoms with van der Waals surface area (Å²) in [7, 11) is 1.36. The number of ether oxygens (including phenoxy) is 1. The smallest absolute Gasteiger partial charge is 0.255 e. The van der Waals surface area contributed by atoms with Crippen LogP contribution in [0, 0.1) is 11.6 Å². The molecule has 0 fully saturated rings. The van der Waals surface area contributed by atoms with Crippen LogP contribution in [0.2, 0.25) is 0 Å². The molecular formula is C23H16F2N2O2S. The van der Waals surface area contributed by atoms with E-state index in [4.69, 9.17) is 4.74 Å². The van der Waals surface area contributed by atoms with Gasteiger partial charge in [-0.2, -0.15) is 0 Å². The number of aromatic nitrogens is 1. The van der Waals surface area contributed by atoms with Gasteiger partial charge in [0.25, 0.3) is 5.91 Å². The summed E-state index contributed by atoms with van der Waals surface area (Å²) in [5, 5.41) is 5.14. The Labute approximate surface area is 175 Å².